The number of aliphatic imine (C=N–C) groups is 1. The Bertz CT molecular complexity index is 864. The van der Waals surface area contributed by atoms with Crippen molar-refractivity contribution < 1.29 is 18.0 Å². The van der Waals surface area contributed by atoms with Crippen molar-refractivity contribution in [3.05, 3.63) is 53.9 Å². The summed E-state index contributed by atoms with van der Waals surface area (Å²) >= 11 is 0. The second kappa shape index (κ2) is 18.5. The molecule has 0 aromatic heterocycles. The van der Waals surface area contributed by atoms with Crippen LogP contribution in [0.2, 0.25) is 0 Å². The molecule has 0 saturated carbocycles. The number of hydrogen-bond acceptors (Lipinski definition) is 3. The molecular formula is C29H45F3N4O. The topological polar surface area (TPSA) is 56.7 Å². The largest absolute Gasteiger partial charge is 0.419 e. The maximum atomic E-state index is 14.0. The zero-order valence-electron chi connectivity index (χ0n) is 23.0. The van der Waals surface area contributed by atoms with E-state index in [0.717, 1.165) is 57.0 Å². The van der Waals surface area contributed by atoms with E-state index >= 15 is 0 Å². The van der Waals surface area contributed by atoms with E-state index in [1.807, 2.05) is 56.0 Å². The lowest BCUT2D eigenvalue weighted by Gasteiger charge is -2.23. The average Bonchev–Trinajstić information content (AvgIpc) is 2.97. The van der Waals surface area contributed by atoms with Gasteiger partial charge in [0.15, 0.2) is 0 Å². The minimum Gasteiger partial charge on any atom is -0.385 e. The lowest BCUT2D eigenvalue weighted by molar-refractivity contribution is -0.131. The van der Waals surface area contributed by atoms with Crippen molar-refractivity contribution in [1.29, 1.82) is 0 Å². The highest BCUT2D eigenvalue weighted by Gasteiger charge is 2.36. The first-order valence-corrected chi connectivity index (χ1v) is 13.7. The minimum atomic E-state index is -4.56. The molecule has 0 bridgehead atoms. The first kappa shape index (κ1) is 32.3. The Kier molecular flexibility index (Phi) is 16.1. The van der Waals surface area contributed by atoms with Crippen molar-refractivity contribution in [2.75, 3.05) is 25.0 Å². The number of anilines is 1. The number of carbonyl (C=O) groups excluding carboxylic acids is 1. The van der Waals surface area contributed by atoms with Crippen LogP contribution in [-0.2, 0) is 4.79 Å². The van der Waals surface area contributed by atoms with Crippen molar-refractivity contribution in [3.8, 4) is 0 Å². The normalized spacial score (nSPS) is 16.2. The van der Waals surface area contributed by atoms with Crippen LogP contribution in [0.3, 0.4) is 0 Å². The second-order valence-corrected chi connectivity index (χ2v) is 8.83. The van der Waals surface area contributed by atoms with Crippen molar-refractivity contribution in [2.24, 2.45) is 4.99 Å². The van der Waals surface area contributed by atoms with Gasteiger partial charge in [-0.3, -0.25) is 4.79 Å². The van der Waals surface area contributed by atoms with E-state index in [-0.39, 0.29) is 11.6 Å². The number of hydrogen-bond donors (Lipinski definition) is 2. The Morgan fingerprint density at radius 3 is 2.43 bits per heavy atom. The predicted molar refractivity (Wildman–Crippen MR) is 149 cm³/mol. The van der Waals surface area contributed by atoms with Crippen molar-refractivity contribution >= 4 is 17.4 Å². The highest BCUT2D eigenvalue weighted by molar-refractivity contribution is 5.93. The molecule has 1 aromatic carbocycles. The Balaban J connectivity index is 0.00000334. The Hall–Kier alpha value is -2.77. The quantitative estimate of drug-likeness (QED) is 0.142. The number of allylic oxidation sites excluding steroid dienone is 2. The molecule has 1 aliphatic heterocycles. The van der Waals surface area contributed by atoms with Gasteiger partial charge in [-0.1, -0.05) is 70.7 Å². The molecule has 1 fully saturated rings. The Morgan fingerprint density at radius 2 is 1.76 bits per heavy atom. The van der Waals surface area contributed by atoms with E-state index in [0.29, 0.717) is 38.2 Å². The molecule has 5 nitrogen and oxygen atoms in total. The fourth-order valence-corrected chi connectivity index (χ4v) is 3.91. The molecule has 2 rings (SSSR count). The molecule has 8 heteroatoms. The van der Waals surface area contributed by atoms with Gasteiger partial charge in [-0.2, -0.15) is 13.2 Å². The summed E-state index contributed by atoms with van der Waals surface area (Å²) in [6.07, 6.45) is 5.55. The monoisotopic (exact) mass is 522 g/mol. The number of amides is 1. The van der Waals surface area contributed by atoms with Gasteiger partial charge in [-0.05, 0) is 44.7 Å². The van der Waals surface area contributed by atoms with Crippen LogP contribution in [0.5, 0.6) is 0 Å². The third-order valence-corrected chi connectivity index (χ3v) is 5.81. The van der Waals surface area contributed by atoms with Crippen LogP contribution in [-0.4, -0.2) is 42.5 Å². The standard InChI is InChI=1S/C27H39F3N4O.C2H6/c1-3-4-16-25(31-18-13-20-34-19-12-7-5-6-11-17-26(34)35)24(27(28,29)30)21-32-22(2)33-23-14-9-8-10-15-23;1-2/h8-10,14-16,21,31H,3-7,11-13,17-20H2,1-2H3,(H,32,33);1-2H3/b24-21+,25-16-;. The molecule has 0 aliphatic carbocycles. The molecule has 1 aromatic rings. The van der Waals surface area contributed by atoms with E-state index < -0.39 is 11.7 Å². The summed E-state index contributed by atoms with van der Waals surface area (Å²) in [5, 5.41) is 5.97. The number of carbonyl (C=O) groups is 1. The summed E-state index contributed by atoms with van der Waals surface area (Å²) in [7, 11) is 0. The van der Waals surface area contributed by atoms with Crippen LogP contribution in [0.15, 0.2) is 58.9 Å². The third kappa shape index (κ3) is 13.4. The molecule has 0 spiro atoms. The smallest absolute Gasteiger partial charge is 0.385 e. The van der Waals surface area contributed by atoms with Crippen LogP contribution in [0, 0.1) is 0 Å². The van der Waals surface area contributed by atoms with Gasteiger partial charge in [0.05, 0.1) is 5.57 Å². The van der Waals surface area contributed by atoms with Crippen LogP contribution in [0.1, 0.15) is 85.5 Å². The molecule has 2 N–H and O–H groups in total. The van der Waals surface area contributed by atoms with E-state index in [9.17, 15) is 18.0 Å². The molecule has 1 aliphatic rings. The molecule has 0 atom stereocenters. The molecule has 37 heavy (non-hydrogen) atoms. The van der Waals surface area contributed by atoms with E-state index in [2.05, 4.69) is 15.6 Å². The highest BCUT2D eigenvalue weighted by atomic mass is 19.4. The molecule has 208 valence electrons. The number of amidine groups is 1. The number of rotatable bonds is 10. The van der Waals surface area contributed by atoms with Crippen LogP contribution >= 0.6 is 0 Å². The molecule has 1 saturated heterocycles. The van der Waals surface area contributed by atoms with Gasteiger partial charge >= 0.3 is 6.18 Å². The summed E-state index contributed by atoms with van der Waals surface area (Å²) in [6.45, 7) is 9.18. The van der Waals surface area contributed by atoms with Gasteiger partial charge in [0.1, 0.15) is 5.84 Å². The SMILES string of the molecule is CC.CCC/C=C(NCCCN1CCCCCCCC1=O)/C(=C\N=C(C)Nc1ccccc1)C(F)(F)F. The number of benzene rings is 1. The summed E-state index contributed by atoms with van der Waals surface area (Å²) in [6, 6.07) is 9.18. The van der Waals surface area contributed by atoms with Crippen LogP contribution in [0.25, 0.3) is 0 Å². The number of nitrogens with one attached hydrogen (secondary N) is 2. The minimum absolute atomic E-state index is 0.0337. The van der Waals surface area contributed by atoms with Crippen LogP contribution < -0.4 is 10.6 Å². The first-order valence-electron chi connectivity index (χ1n) is 13.7. The lowest BCUT2D eigenvalue weighted by Crippen LogP contribution is -2.34. The Labute approximate surface area is 221 Å². The zero-order valence-corrected chi connectivity index (χ0v) is 23.0. The maximum Gasteiger partial charge on any atom is 0.419 e. The van der Waals surface area contributed by atoms with Crippen molar-refractivity contribution in [3.63, 3.8) is 0 Å². The molecule has 0 unspecified atom stereocenters. The first-order chi connectivity index (χ1) is 17.8. The van der Waals surface area contributed by atoms with Crippen molar-refractivity contribution in [1.82, 2.24) is 10.2 Å². The molecular weight excluding hydrogens is 477 g/mol. The fraction of sp³-hybridized carbons (Fsp3) is 0.586. The number of halogens is 3. The van der Waals surface area contributed by atoms with Crippen molar-refractivity contribution in [2.45, 2.75) is 91.7 Å². The predicted octanol–water partition coefficient (Wildman–Crippen LogP) is 7.84. The number of nitrogens with zero attached hydrogens (tertiary/aromatic N) is 2. The third-order valence-electron chi connectivity index (χ3n) is 5.81. The van der Waals surface area contributed by atoms with Gasteiger partial charge in [0.25, 0.3) is 0 Å². The number of alkyl halides is 3. The number of unbranched alkanes of at least 4 members (excludes halogenated alkanes) is 1. The molecule has 1 amide bonds. The highest BCUT2D eigenvalue weighted by Crippen LogP contribution is 2.30. The Morgan fingerprint density at radius 1 is 1.08 bits per heavy atom. The zero-order chi connectivity index (χ0) is 27.5. The summed E-state index contributed by atoms with van der Waals surface area (Å²) in [5.74, 6) is 0.513. The van der Waals surface area contributed by atoms with Crippen LogP contribution in [0.4, 0.5) is 18.9 Å². The van der Waals surface area contributed by atoms with E-state index in [4.69, 9.17) is 0 Å². The summed E-state index contributed by atoms with van der Waals surface area (Å²) in [4.78, 5) is 18.3. The van der Waals surface area contributed by atoms with E-state index in [1.165, 1.54) is 0 Å². The number of para-hydroxylation sites is 1. The second-order valence-electron chi connectivity index (χ2n) is 8.83. The van der Waals surface area contributed by atoms with Gasteiger partial charge < -0.3 is 15.5 Å². The summed E-state index contributed by atoms with van der Waals surface area (Å²) < 4.78 is 41.9. The van der Waals surface area contributed by atoms with Gasteiger partial charge in [0.2, 0.25) is 5.91 Å². The van der Waals surface area contributed by atoms with E-state index in [1.54, 1.807) is 13.0 Å². The summed E-state index contributed by atoms with van der Waals surface area (Å²) in [5.41, 5.74) is -0.0181. The average molecular weight is 523 g/mol. The maximum absolute atomic E-state index is 14.0. The van der Waals surface area contributed by atoms with Gasteiger partial charge in [-0.15, -0.1) is 0 Å². The molecule has 1 heterocycles. The van der Waals surface area contributed by atoms with Gasteiger partial charge in [-0.25, -0.2) is 4.99 Å². The molecule has 0 radical (unpaired) electrons. The van der Waals surface area contributed by atoms with Gasteiger partial charge in [0, 0.05) is 43.6 Å². The fourth-order valence-electron chi connectivity index (χ4n) is 3.91. The lowest BCUT2D eigenvalue weighted by atomic mass is 10.1.